The average Bonchev–Trinajstić information content (AvgIpc) is 3.41. The van der Waals surface area contributed by atoms with Crippen molar-refractivity contribution in [2.45, 2.75) is 18.8 Å². The van der Waals surface area contributed by atoms with E-state index >= 15 is 0 Å². The molecule has 114 valence electrons. The number of halogens is 1. The molecule has 3 aromatic rings. The van der Waals surface area contributed by atoms with E-state index in [1.54, 1.807) is 18.3 Å². The smallest absolute Gasteiger partial charge is 0.153 e. The number of hydrogen-bond acceptors (Lipinski definition) is 3. The van der Waals surface area contributed by atoms with Crippen LogP contribution in [0.2, 0.25) is 5.15 Å². The Morgan fingerprint density at radius 1 is 1.00 bits per heavy atom. The van der Waals surface area contributed by atoms with E-state index in [4.69, 9.17) is 21.3 Å². The van der Waals surface area contributed by atoms with Crippen molar-refractivity contribution in [1.82, 2.24) is 9.97 Å². The summed E-state index contributed by atoms with van der Waals surface area (Å²) in [6, 6.07) is 17.6. The Labute approximate surface area is 139 Å². The fraction of sp³-hybridized carbons (Fsp3) is 0.158. The van der Waals surface area contributed by atoms with Gasteiger partial charge in [0.2, 0.25) is 0 Å². The molecule has 2 heterocycles. The van der Waals surface area contributed by atoms with Crippen molar-refractivity contribution >= 4 is 11.6 Å². The van der Waals surface area contributed by atoms with E-state index in [0.717, 1.165) is 22.7 Å². The van der Waals surface area contributed by atoms with Gasteiger partial charge in [-0.3, -0.25) is 0 Å². The van der Waals surface area contributed by atoms with Crippen LogP contribution in [0, 0.1) is 0 Å². The number of hydrogen-bond donors (Lipinski definition) is 0. The number of aromatic nitrogens is 2. The van der Waals surface area contributed by atoms with Crippen LogP contribution in [-0.2, 0) is 0 Å². The van der Waals surface area contributed by atoms with Gasteiger partial charge >= 0.3 is 0 Å². The van der Waals surface area contributed by atoms with Gasteiger partial charge in [-0.2, -0.15) is 0 Å². The zero-order valence-corrected chi connectivity index (χ0v) is 13.2. The molecule has 4 heteroatoms. The van der Waals surface area contributed by atoms with Gasteiger partial charge in [0.1, 0.15) is 16.6 Å². The molecule has 0 saturated heterocycles. The lowest BCUT2D eigenvalue weighted by Gasteiger charge is -2.12. The topological polar surface area (TPSA) is 35.0 Å². The predicted octanol–water partition coefficient (Wildman–Crippen LogP) is 5.47. The van der Waals surface area contributed by atoms with Crippen LogP contribution >= 0.6 is 11.6 Å². The van der Waals surface area contributed by atoms with E-state index in [-0.39, 0.29) is 0 Å². The summed E-state index contributed by atoms with van der Waals surface area (Å²) in [6.07, 6.45) is 4.08. The molecule has 1 saturated carbocycles. The monoisotopic (exact) mass is 322 g/mol. The third-order valence-electron chi connectivity index (χ3n) is 3.85. The largest absolute Gasteiger partial charge is 0.455 e. The van der Waals surface area contributed by atoms with E-state index in [1.807, 2.05) is 36.4 Å². The minimum atomic E-state index is 0.409. The summed E-state index contributed by atoms with van der Waals surface area (Å²) in [7, 11) is 0. The molecule has 1 aliphatic rings. The Bertz CT molecular complexity index is 832. The molecule has 0 bridgehead atoms. The summed E-state index contributed by atoms with van der Waals surface area (Å²) in [4.78, 5) is 8.83. The first-order valence-corrected chi connectivity index (χ1v) is 8.03. The summed E-state index contributed by atoms with van der Waals surface area (Å²) < 4.78 is 6.01. The normalized spacial score (nSPS) is 13.8. The van der Waals surface area contributed by atoms with Gasteiger partial charge in [0.25, 0.3) is 0 Å². The van der Waals surface area contributed by atoms with Crippen LogP contribution < -0.4 is 4.74 Å². The van der Waals surface area contributed by atoms with Crippen LogP contribution in [0.1, 0.15) is 24.5 Å². The van der Waals surface area contributed by atoms with Crippen molar-refractivity contribution < 1.29 is 4.74 Å². The molecule has 0 radical (unpaired) electrons. The summed E-state index contributed by atoms with van der Waals surface area (Å²) in [5, 5.41) is 0.409. The molecule has 2 aromatic heterocycles. The molecule has 0 aliphatic heterocycles. The molecule has 1 aliphatic carbocycles. The predicted molar refractivity (Wildman–Crippen MR) is 91.0 cm³/mol. The third kappa shape index (κ3) is 3.20. The highest BCUT2D eigenvalue weighted by atomic mass is 35.5. The SMILES string of the molecule is Clc1cc(Oc2ccc(C3CC3)nc2-c2ccccc2)ccn1. The van der Waals surface area contributed by atoms with Crippen LogP contribution in [0.5, 0.6) is 11.5 Å². The molecule has 23 heavy (non-hydrogen) atoms. The summed E-state index contributed by atoms with van der Waals surface area (Å²) >= 11 is 5.94. The summed E-state index contributed by atoms with van der Waals surface area (Å²) in [5.74, 6) is 1.98. The van der Waals surface area contributed by atoms with Gasteiger partial charge in [0.05, 0.1) is 0 Å². The second-order valence-electron chi connectivity index (χ2n) is 5.64. The van der Waals surface area contributed by atoms with Gasteiger partial charge in [0, 0.05) is 29.4 Å². The lowest BCUT2D eigenvalue weighted by molar-refractivity contribution is 0.481. The molecule has 1 aromatic carbocycles. The number of ether oxygens (including phenoxy) is 1. The molecule has 4 rings (SSSR count). The van der Waals surface area contributed by atoms with Gasteiger partial charge in [-0.15, -0.1) is 0 Å². The van der Waals surface area contributed by atoms with E-state index in [1.165, 1.54) is 12.8 Å². The highest BCUT2D eigenvalue weighted by Crippen LogP contribution is 2.41. The first kappa shape index (κ1) is 14.2. The maximum atomic E-state index is 6.01. The van der Waals surface area contributed by atoms with Crippen molar-refractivity contribution in [2.24, 2.45) is 0 Å². The third-order valence-corrected chi connectivity index (χ3v) is 4.06. The van der Waals surface area contributed by atoms with Crippen molar-refractivity contribution in [3.05, 3.63) is 71.6 Å². The molecule has 0 amide bonds. The van der Waals surface area contributed by atoms with Crippen LogP contribution in [-0.4, -0.2) is 9.97 Å². The fourth-order valence-corrected chi connectivity index (χ4v) is 2.69. The van der Waals surface area contributed by atoms with Gasteiger partial charge in [-0.05, 0) is 31.0 Å². The van der Waals surface area contributed by atoms with Crippen molar-refractivity contribution in [2.75, 3.05) is 0 Å². The highest BCUT2D eigenvalue weighted by Gasteiger charge is 2.26. The fourth-order valence-electron chi connectivity index (χ4n) is 2.53. The lowest BCUT2D eigenvalue weighted by Crippen LogP contribution is -1.95. The first-order chi connectivity index (χ1) is 11.3. The minimum absolute atomic E-state index is 0.409. The molecular weight excluding hydrogens is 308 g/mol. The maximum Gasteiger partial charge on any atom is 0.153 e. The van der Waals surface area contributed by atoms with Crippen molar-refractivity contribution in [3.63, 3.8) is 0 Å². The number of rotatable bonds is 4. The van der Waals surface area contributed by atoms with Gasteiger partial charge in [-0.25, -0.2) is 9.97 Å². The molecule has 3 nitrogen and oxygen atoms in total. The van der Waals surface area contributed by atoms with Gasteiger partial charge < -0.3 is 4.74 Å². The van der Waals surface area contributed by atoms with E-state index < -0.39 is 0 Å². The van der Waals surface area contributed by atoms with E-state index in [0.29, 0.717) is 16.8 Å². The molecule has 0 N–H and O–H groups in total. The minimum Gasteiger partial charge on any atom is -0.455 e. The van der Waals surface area contributed by atoms with Crippen molar-refractivity contribution in [1.29, 1.82) is 0 Å². The first-order valence-electron chi connectivity index (χ1n) is 7.65. The standard InChI is InChI=1S/C19H15ClN2O/c20-18-12-15(10-11-21-18)23-17-9-8-16(13-6-7-13)22-19(17)14-4-2-1-3-5-14/h1-5,8-13H,6-7H2. The Hall–Kier alpha value is -2.39. The molecule has 0 spiro atoms. The van der Waals surface area contributed by atoms with Gasteiger partial charge in [0.15, 0.2) is 5.75 Å². The van der Waals surface area contributed by atoms with Crippen LogP contribution in [0.15, 0.2) is 60.8 Å². The molecular formula is C19H15ClN2O. The summed E-state index contributed by atoms with van der Waals surface area (Å²) in [5.41, 5.74) is 3.05. The maximum absolute atomic E-state index is 6.01. The Morgan fingerprint density at radius 3 is 2.57 bits per heavy atom. The van der Waals surface area contributed by atoms with E-state index in [9.17, 15) is 0 Å². The highest BCUT2D eigenvalue weighted by molar-refractivity contribution is 6.29. The Balaban J connectivity index is 1.76. The lowest BCUT2D eigenvalue weighted by atomic mass is 10.1. The molecule has 0 atom stereocenters. The van der Waals surface area contributed by atoms with Crippen LogP contribution in [0.25, 0.3) is 11.3 Å². The van der Waals surface area contributed by atoms with Crippen LogP contribution in [0.3, 0.4) is 0 Å². The summed E-state index contributed by atoms with van der Waals surface area (Å²) in [6.45, 7) is 0. The van der Waals surface area contributed by atoms with Gasteiger partial charge in [-0.1, -0.05) is 41.9 Å². The van der Waals surface area contributed by atoms with E-state index in [2.05, 4.69) is 11.1 Å². The molecule has 0 unspecified atom stereocenters. The van der Waals surface area contributed by atoms with Crippen molar-refractivity contribution in [3.8, 4) is 22.8 Å². The number of nitrogens with zero attached hydrogens (tertiary/aromatic N) is 2. The second kappa shape index (κ2) is 6.01. The van der Waals surface area contributed by atoms with Crippen LogP contribution in [0.4, 0.5) is 0 Å². The quantitative estimate of drug-likeness (QED) is 0.598. The number of pyridine rings is 2. The second-order valence-corrected chi connectivity index (χ2v) is 6.03. The average molecular weight is 323 g/mol. The zero-order chi connectivity index (χ0) is 15.6. The Kier molecular flexibility index (Phi) is 3.72. The zero-order valence-electron chi connectivity index (χ0n) is 12.4. The Morgan fingerprint density at radius 2 is 1.83 bits per heavy atom. The number of benzene rings is 1. The molecule has 1 fully saturated rings.